The molecule has 1 saturated carbocycles. The molecular formula is C6H9NO2. The molecule has 3 heteroatoms. The first-order valence-electron chi connectivity index (χ1n) is 2.93. The fourth-order valence-electron chi connectivity index (χ4n) is 1.16. The van der Waals surface area contributed by atoms with Gasteiger partial charge >= 0.3 is 0 Å². The predicted octanol–water partition coefficient (Wildman–Crippen LogP) is 0.236. The van der Waals surface area contributed by atoms with Gasteiger partial charge in [0, 0.05) is 0 Å². The Kier molecular flexibility index (Phi) is 1.39. The molecule has 0 unspecified atom stereocenters. The number of aliphatic imine (C=N–C) groups is 1. The third kappa shape index (κ3) is 1.18. The highest BCUT2D eigenvalue weighted by Gasteiger charge is 2.39. The molecular weight excluding hydrogens is 118 g/mol. The summed E-state index contributed by atoms with van der Waals surface area (Å²) < 4.78 is 0. The lowest BCUT2D eigenvalue weighted by molar-refractivity contribution is 0.0336. The molecule has 1 fully saturated rings. The summed E-state index contributed by atoms with van der Waals surface area (Å²) in [5.41, 5.74) is -0.304. The van der Waals surface area contributed by atoms with Crippen molar-refractivity contribution in [1.82, 2.24) is 0 Å². The fourth-order valence-corrected chi connectivity index (χ4v) is 1.16. The van der Waals surface area contributed by atoms with Gasteiger partial charge in [0.15, 0.2) is 0 Å². The molecule has 1 aliphatic carbocycles. The van der Waals surface area contributed by atoms with E-state index >= 15 is 0 Å². The molecule has 0 aromatic carbocycles. The molecule has 50 valence electrons. The summed E-state index contributed by atoms with van der Waals surface area (Å²) in [5, 5.41) is 8.82. The van der Waals surface area contributed by atoms with Gasteiger partial charge in [-0.3, -0.25) is 0 Å². The first-order chi connectivity index (χ1) is 4.16. The zero-order valence-electron chi connectivity index (χ0n) is 5.29. The maximum absolute atomic E-state index is 9.75. The summed E-state index contributed by atoms with van der Waals surface area (Å²) in [6.45, 7) is 1.84. The van der Waals surface area contributed by atoms with Crippen molar-refractivity contribution in [3.8, 4) is 0 Å². The number of rotatable bonds is 1. The van der Waals surface area contributed by atoms with E-state index in [1.807, 2.05) is 6.92 Å². The Morgan fingerprint density at radius 1 is 1.78 bits per heavy atom. The van der Waals surface area contributed by atoms with Gasteiger partial charge in [-0.15, -0.1) is 0 Å². The van der Waals surface area contributed by atoms with Gasteiger partial charge in [0.2, 0.25) is 6.08 Å². The zero-order chi connectivity index (χ0) is 6.91. The first-order valence-corrected chi connectivity index (χ1v) is 2.93. The molecule has 0 radical (unpaired) electrons. The Morgan fingerprint density at radius 2 is 2.33 bits per heavy atom. The van der Waals surface area contributed by atoms with Gasteiger partial charge in [-0.2, -0.15) is 4.99 Å². The van der Waals surface area contributed by atoms with Crippen molar-refractivity contribution in [3.63, 3.8) is 0 Å². The number of isocyanates is 1. The standard InChI is InChI=1S/C6H9NO2/c1-6(7-4-8)2-5(9)3-6/h5,9H,2-3H2,1H3. The minimum atomic E-state index is -0.304. The maximum Gasteiger partial charge on any atom is 0.235 e. The Morgan fingerprint density at radius 3 is 2.67 bits per heavy atom. The van der Waals surface area contributed by atoms with E-state index < -0.39 is 0 Å². The quantitative estimate of drug-likeness (QED) is 0.405. The highest BCUT2D eigenvalue weighted by Crippen LogP contribution is 2.34. The molecule has 0 aliphatic heterocycles. The van der Waals surface area contributed by atoms with E-state index in [1.54, 1.807) is 0 Å². The van der Waals surface area contributed by atoms with Crippen molar-refractivity contribution in [1.29, 1.82) is 0 Å². The van der Waals surface area contributed by atoms with Crippen LogP contribution in [0.3, 0.4) is 0 Å². The molecule has 0 aromatic heterocycles. The van der Waals surface area contributed by atoms with E-state index in [0.29, 0.717) is 12.8 Å². The van der Waals surface area contributed by atoms with Gasteiger partial charge in [0.1, 0.15) is 0 Å². The summed E-state index contributed by atoms with van der Waals surface area (Å²) in [6, 6.07) is 0. The van der Waals surface area contributed by atoms with Crippen molar-refractivity contribution >= 4 is 6.08 Å². The van der Waals surface area contributed by atoms with Gasteiger partial charge in [0.05, 0.1) is 11.6 Å². The Hall–Kier alpha value is -0.660. The van der Waals surface area contributed by atoms with E-state index in [1.165, 1.54) is 6.08 Å². The van der Waals surface area contributed by atoms with Crippen LogP contribution in [0.15, 0.2) is 4.99 Å². The van der Waals surface area contributed by atoms with Crippen LogP contribution in [0, 0.1) is 0 Å². The van der Waals surface area contributed by atoms with Crippen LogP contribution >= 0.6 is 0 Å². The van der Waals surface area contributed by atoms with Crippen LogP contribution in [-0.4, -0.2) is 22.8 Å². The van der Waals surface area contributed by atoms with E-state index in [2.05, 4.69) is 4.99 Å². The lowest BCUT2D eigenvalue weighted by atomic mass is 9.77. The third-order valence-electron chi connectivity index (χ3n) is 1.67. The number of carbonyl (C=O) groups excluding carboxylic acids is 1. The molecule has 9 heavy (non-hydrogen) atoms. The summed E-state index contributed by atoms with van der Waals surface area (Å²) in [7, 11) is 0. The van der Waals surface area contributed by atoms with Crippen LogP contribution in [0.1, 0.15) is 19.8 Å². The average molecular weight is 127 g/mol. The number of nitrogens with zero attached hydrogens (tertiary/aromatic N) is 1. The van der Waals surface area contributed by atoms with Gasteiger partial charge < -0.3 is 5.11 Å². The fraction of sp³-hybridized carbons (Fsp3) is 0.833. The molecule has 0 atom stereocenters. The van der Waals surface area contributed by atoms with Crippen LogP contribution in [0.5, 0.6) is 0 Å². The highest BCUT2D eigenvalue weighted by molar-refractivity contribution is 5.35. The Labute approximate surface area is 53.4 Å². The van der Waals surface area contributed by atoms with Gasteiger partial charge in [-0.25, -0.2) is 4.79 Å². The molecule has 1 rings (SSSR count). The van der Waals surface area contributed by atoms with Gasteiger partial charge in [-0.1, -0.05) is 0 Å². The molecule has 3 nitrogen and oxygen atoms in total. The molecule has 0 saturated heterocycles. The molecule has 0 aromatic rings. The molecule has 1 aliphatic rings. The summed E-state index contributed by atoms with van der Waals surface area (Å²) in [4.78, 5) is 13.3. The first kappa shape index (κ1) is 6.46. The van der Waals surface area contributed by atoms with Gasteiger partial charge in [-0.05, 0) is 19.8 Å². The van der Waals surface area contributed by atoms with Crippen LogP contribution < -0.4 is 0 Å². The van der Waals surface area contributed by atoms with Gasteiger partial charge in [0.25, 0.3) is 0 Å². The monoisotopic (exact) mass is 127 g/mol. The molecule has 1 N–H and O–H groups in total. The van der Waals surface area contributed by atoms with E-state index in [9.17, 15) is 4.79 Å². The normalized spacial score (nSPS) is 40.9. The summed E-state index contributed by atoms with van der Waals surface area (Å²) >= 11 is 0. The van der Waals surface area contributed by atoms with Crippen molar-refractivity contribution < 1.29 is 9.90 Å². The molecule has 0 amide bonds. The summed E-state index contributed by atoms with van der Waals surface area (Å²) in [6.07, 6.45) is 2.44. The lowest BCUT2D eigenvalue weighted by Crippen LogP contribution is -2.42. The van der Waals surface area contributed by atoms with Crippen LogP contribution in [-0.2, 0) is 4.79 Å². The van der Waals surface area contributed by atoms with Crippen molar-refractivity contribution in [2.45, 2.75) is 31.4 Å². The number of aliphatic hydroxyl groups is 1. The smallest absolute Gasteiger partial charge is 0.235 e. The molecule has 0 bridgehead atoms. The SMILES string of the molecule is CC1(N=C=O)CC(O)C1. The van der Waals surface area contributed by atoms with Crippen molar-refractivity contribution in [3.05, 3.63) is 0 Å². The van der Waals surface area contributed by atoms with Crippen LogP contribution in [0.2, 0.25) is 0 Å². The minimum Gasteiger partial charge on any atom is -0.393 e. The second-order valence-electron chi connectivity index (χ2n) is 2.76. The molecule has 0 heterocycles. The summed E-state index contributed by atoms with van der Waals surface area (Å²) in [5.74, 6) is 0. The maximum atomic E-state index is 9.75. The van der Waals surface area contributed by atoms with Crippen molar-refractivity contribution in [2.75, 3.05) is 0 Å². The second kappa shape index (κ2) is 1.94. The third-order valence-corrected chi connectivity index (χ3v) is 1.67. The number of hydrogen-bond donors (Lipinski definition) is 1. The van der Waals surface area contributed by atoms with E-state index in [4.69, 9.17) is 5.11 Å². The van der Waals surface area contributed by atoms with Crippen LogP contribution in [0.4, 0.5) is 0 Å². The Bertz CT molecular complexity index is 154. The largest absolute Gasteiger partial charge is 0.393 e. The second-order valence-corrected chi connectivity index (χ2v) is 2.76. The van der Waals surface area contributed by atoms with E-state index in [0.717, 1.165) is 0 Å². The number of aliphatic hydroxyl groups excluding tert-OH is 1. The predicted molar refractivity (Wildman–Crippen MR) is 31.8 cm³/mol. The van der Waals surface area contributed by atoms with Crippen molar-refractivity contribution in [2.24, 2.45) is 4.99 Å². The number of hydrogen-bond acceptors (Lipinski definition) is 3. The highest BCUT2D eigenvalue weighted by atomic mass is 16.3. The average Bonchev–Trinajstić information content (AvgIpc) is 1.62. The van der Waals surface area contributed by atoms with E-state index in [-0.39, 0.29) is 11.6 Å². The minimum absolute atomic E-state index is 0.257. The molecule has 0 spiro atoms. The lowest BCUT2D eigenvalue weighted by Gasteiger charge is -2.37. The Balaban J connectivity index is 2.49. The topological polar surface area (TPSA) is 49.7 Å². The van der Waals surface area contributed by atoms with Crippen LogP contribution in [0.25, 0.3) is 0 Å². The zero-order valence-corrected chi connectivity index (χ0v) is 5.29.